The van der Waals surface area contributed by atoms with Crippen molar-refractivity contribution in [3.63, 3.8) is 0 Å². The van der Waals surface area contributed by atoms with Gasteiger partial charge < -0.3 is 4.98 Å². The van der Waals surface area contributed by atoms with Gasteiger partial charge in [-0.05, 0) is 34.6 Å². The first-order chi connectivity index (χ1) is 7.13. The summed E-state index contributed by atoms with van der Waals surface area (Å²) in [6.45, 7) is 1.77. The Labute approximate surface area is 101 Å². The van der Waals surface area contributed by atoms with Crippen molar-refractivity contribution in [2.45, 2.75) is 16.4 Å². The molecule has 0 radical (unpaired) electrons. The minimum Gasteiger partial charge on any atom is -0.301 e. The highest BCUT2D eigenvalue weighted by atomic mass is 79.9. The molecule has 2 rings (SSSR count). The lowest BCUT2D eigenvalue weighted by Crippen LogP contribution is -2.07. The van der Waals surface area contributed by atoms with Crippen LogP contribution in [0.25, 0.3) is 0 Å². The van der Waals surface area contributed by atoms with Crippen LogP contribution >= 0.6 is 39.0 Å². The molecule has 2 heterocycles. The smallest absolute Gasteiger partial charge is 0.251 e. The Balaban J connectivity index is 2.28. The summed E-state index contributed by atoms with van der Waals surface area (Å²) in [6.07, 6.45) is 0. The van der Waals surface area contributed by atoms with Crippen LogP contribution in [0.2, 0.25) is 0 Å². The van der Waals surface area contributed by atoms with Crippen LogP contribution in [0.5, 0.6) is 0 Å². The maximum atomic E-state index is 11.2. The molecule has 2 aromatic heterocycles. The van der Waals surface area contributed by atoms with Crippen molar-refractivity contribution < 1.29 is 0 Å². The summed E-state index contributed by atoms with van der Waals surface area (Å²) < 4.78 is 1.44. The summed E-state index contributed by atoms with van der Waals surface area (Å²) in [6, 6.07) is 1.44. The largest absolute Gasteiger partial charge is 0.301 e. The predicted octanol–water partition coefficient (Wildman–Crippen LogP) is 1.84. The molecule has 0 amide bonds. The van der Waals surface area contributed by atoms with Gasteiger partial charge in [-0.3, -0.25) is 4.79 Å². The Morgan fingerprint density at radius 1 is 1.53 bits per heavy atom. The zero-order valence-corrected chi connectivity index (χ0v) is 10.7. The van der Waals surface area contributed by atoms with Crippen molar-refractivity contribution in [2.24, 2.45) is 0 Å². The molecule has 0 saturated carbocycles. The molecule has 0 fully saturated rings. The zero-order chi connectivity index (χ0) is 10.8. The SMILES string of the molecule is Cc1cc(=O)[nH]c(Sc2nnc(Br)s2)n1. The molecule has 0 aromatic carbocycles. The van der Waals surface area contributed by atoms with Crippen LogP contribution in [0.4, 0.5) is 0 Å². The van der Waals surface area contributed by atoms with Crippen LogP contribution in [0.1, 0.15) is 5.69 Å². The standard InChI is InChI=1S/C7H5BrN4OS2/c1-3-2-4(13)10-6(9-3)15-7-12-11-5(8)14-7/h2H,1H3,(H,9,10,13). The van der Waals surface area contributed by atoms with Gasteiger partial charge in [0, 0.05) is 11.8 Å². The van der Waals surface area contributed by atoms with E-state index in [2.05, 4.69) is 36.1 Å². The normalized spacial score (nSPS) is 10.5. The van der Waals surface area contributed by atoms with E-state index in [4.69, 9.17) is 0 Å². The van der Waals surface area contributed by atoms with Gasteiger partial charge in [0.1, 0.15) is 0 Å². The molecular formula is C7H5BrN4OS2. The fourth-order valence-corrected chi connectivity index (χ4v) is 3.31. The average Bonchev–Trinajstić information content (AvgIpc) is 2.49. The van der Waals surface area contributed by atoms with E-state index >= 15 is 0 Å². The Morgan fingerprint density at radius 3 is 2.93 bits per heavy atom. The van der Waals surface area contributed by atoms with Crippen LogP contribution in [0.3, 0.4) is 0 Å². The minimum atomic E-state index is -0.159. The van der Waals surface area contributed by atoms with Crippen molar-refractivity contribution in [2.75, 3.05) is 0 Å². The van der Waals surface area contributed by atoms with Crippen LogP contribution in [0.15, 0.2) is 24.3 Å². The molecule has 8 heteroatoms. The molecule has 0 aliphatic carbocycles. The fourth-order valence-electron chi connectivity index (χ4n) is 0.917. The molecule has 0 spiro atoms. The second-order valence-corrected chi connectivity index (χ2v) is 6.10. The van der Waals surface area contributed by atoms with E-state index in [1.165, 1.54) is 29.2 Å². The molecule has 0 aliphatic rings. The van der Waals surface area contributed by atoms with E-state index in [1.807, 2.05) is 0 Å². The third-order valence-corrected chi connectivity index (χ3v) is 3.71. The number of aryl methyl sites for hydroxylation is 1. The highest BCUT2D eigenvalue weighted by molar-refractivity contribution is 9.11. The van der Waals surface area contributed by atoms with Gasteiger partial charge in [0.2, 0.25) is 0 Å². The third kappa shape index (κ3) is 2.86. The summed E-state index contributed by atoms with van der Waals surface area (Å²) in [5.41, 5.74) is 0.526. The Morgan fingerprint density at radius 2 is 2.33 bits per heavy atom. The van der Waals surface area contributed by atoms with Crippen LogP contribution in [0, 0.1) is 6.92 Å². The number of nitrogens with one attached hydrogen (secondary N) is 1. The molecule has 0 unspecified atom stereocenters. The highest BCUT2D eigenvalue weighted by Crippen LogP contribution is 2.28. The van der Waals surface area contributed by atoms with E-state index in [0.717, 1.165) is 4.34 Å². The third-order valence-electron chi connectivity index (χ3n) is 1.41. The van der Waals surface area contributed by atoms with Crippen molar-refractivity contribution in [3.8, 4) is 0 Å². The quantitative estimate of drug-likeness (QED) is 0.857. The number of nitrogens with zero attached hydrogens (tertiary/aromatic N) is 3. The molecule has 0 aliphatic heterocycles. The monoisotopic (exact) mass is 304 g/mol. The maximum absolute atomic E-state index is 11.2. The Kier molecular flexibility index (Phi) is 3.17. The predicted molar refractivity (Wildman–Crippen MR) is 61.3 cm³/mol. The molecule has 0 bridgehead atoms. The zero-order valence-electron chi connectivity index (χ0n) is 7.52. The van der Waals surface area contributed by atoms with Crippen molar-refractivity contribution in [3.05, 3.63) is 26.0 Å². The number of aromatic amines is 1. The second-order valence-electron chi connectivity index (χ2n) is 2.61. The molecule has 78 valence electrons. The molecule has 0 saturated heterocycles. The number of rotatable bonds is 2. The van der Waals surface area contributed by atoms with Crippen LogP contribution in [-0.2, 0) is 0 Å². The molecular weight excluding hydrogens is 300 g/mol. The average molecular weight is 305 g/mol. The number of hydrogen-bond acceptors (Lipinski definition) is 6. The summed E-state index contributed by atoms with van der Waals surface area (Å²) in [5, 5.41) is 8.23. The summed E-state index contributed by atoms with van der Waals surface area (Å²) in [5.74, 6) is 0. The van der Waals surface area contributed by atoms with E-state index in [1.54, 1.807) is 6.92 Å². The summed E-state index contributed by atoms with van der Waals surface area (Å²) in [4.78, 5) is 18.0. The number of hydrogen-bond donors (Lipinski definition) is 1. The minimum absolute atomic E-state index is 0.159. The van der Waals surface area contributed by atoms with E-state index in [9.17, 15) is 4.79 Å². The van der Waals surface area contributed by atoms with Gasteiger partial charge in [0.15, 0.2) is 13.4 Å². The highest BCUT2D eigenvalue weighted by Gasteiger charge is 2.06. The van der Waals surface area contributed by atoms with Gasteiger partial charge >= 0.3 is 0 Å². The molecule has 2 aromatic rings. The van der Waals surface area contributed by atoms with Gasteiger partial charge in [0.05, 0.1) is 0 Å². The van der Waals surface area contributed by atoms with E-state index in [-0.39, 0.29) is 5.56 Å². The molecule has 1 N–H and O–H groups in total. The van der Waals surface area contributed by atoms with Crippen molar-refractivity contribution >= 4 is 39.0 Å². The Bertz CT molecular complexity index is 538. The lowest BCUT2D eigenvalue weighted by Gasteiger charge is -1.96. The first-order valence-electron chi connectivity index (χ1n) is 3.88. The van der Waals surface area contributed by atoms with Crippen LogP contribution < -0.4 is 5.56 Å². The maximum Gasteiger partial charge on any atom is 0.251 e. The number of H-pyrrole nitrogens is 1. The molecule has 5 nitrogen and oxygen atoms in total. The van der Waals surface area contributed by atoms with Gasteiger partial charge in [-0.25, -0.2) is 4.98 Å². The summed E-state index contributed by atoms with van der Waals surface area (Å²) >= 11 is 5.89. The van der Waals surface area contributed by atoms with Gasteiger partial charge in [-0.15, -0.1) is 10.2 Å². The lowest BCUT2D eigenvalue weighted by atomic mass is 10.5. The number of halogens is 1. The van der Waals surface area contributed by atoms with E-state index < -0.39 is 0 Å². The first kappa shape index (κ1) is 10.8. The summed E-state index contributed by atoms with van der Waals surface area (Å²) in [7, 11) is 0. The number of aromatic nitrogens is 4. The fraction of sp³-hybridized carbons (Fsp3) is 0.143. The Hall–Kier alpha value is -0.730. The topological polar surface area (TPSA) is 71.5 Å². The van der Waals surface area contributed by atoms with E-state index in [0.29, 0.717) is 14.8 Å². The molecule has 0 atom stereocenters. The van der Waals surface area contributed by atoms with Crippen molar-refractivity contribution in [1.29, 1.82) is 0 Å². The molecule has 15 heavy (non-hydrogen) atoms. The first-order valence-corrected chi connectivity index (χ1v) is 6.31. The van der Waals surface area contributed by atoms with Crippen LogP contribution in [-0.4, -0.2) is 20.2 Å². The van der Waals surface area contributed by atoms with Gasteiger partial charge in [-0.2, -0.15) is 0 Å². The van der Waals surface area contributed by atoms with Gasteiger partial charge in [-0.1, -0.05) is 11.3 Å². The second kappa shape index (κ2) is 4.42. The van der Waals surface area contributed by atoms with Crippen molar-refractivity contribution in [1.82, 2.24) is 20.2 Å². The lowest BCUT2D eigenvalue weighted by molar-refractivity contribution is 0.900. The van der Waals surface area contributed by atoms with Gasteiger partial charge in [0.25, 0.3) is 5.56 Å².